The maximum Gasteiger partial charge on any atom is 0.255 e. The van der Waals surface area contributed by atoms with E-state index in [9.17, 15) is 4.79 Å². The first kappa shape index (κ1) is 9.80. The fourth-order valence-electron chi connectivity index (χ4n) is 1.37. The number of nitrogens with two attached hydrogens (primary N) is 1. The Morgan fingerprint density at radius 3 is 2.80 bits per heavy atom. The standard InChI is InChI=1S/C11H9ClN2O/c12-8-3-1-2-7(4-8)10-5-9(13)6-14-11(10)15/h1-6H,13H2,(H,14,15). The number of anilines is 1. The third-order valence-electron chi connectivity index (χ3n) is 2.06. The molecule has 0 amide bonds. The topological polar surface area (TPSA) is 58.9 Å². The van der Waals surface area contributed by atoms with E-state index in [4.69, 9.17) is 17.3 Å². The van der Waals surface area contributed by atoms with Gasteiger partial charge in [0, 0.05) is 22.5 Å². The molecule has 0 unspecified atom stereocenters. The number of pyridine rings is 1. The van der Waals surface area contributed by atoms with Gasteiger partial charge in [0.15, 0.2) is 0 Å². The van der Waals surface area contributed by atoms with Crippen LogP contribution in [0.1, 0.15) is 0 Å². The van der Waals surface area contributed by atoms with Crippen LogP contribution in [-0.4, -0.2) is 4.98 Å². The van der Waals surface area contributed by atoms with Crippen molar-refractivity contribution in [2.75, 3.05) is 5.73 Å². The summed E-state index contributed by atoms with van der Waals surface area (Å²) in [6.07, 6.45) is 1.47. The molecule has 2 rings (SSSR count). The average molecular weight is 221 g/mol. The molecule has 3 N–H and O–H groups in total. The van der Waals surface area contributed by atoms with E-state index in [-0.39, 0.29) is 5.56 Å². The molecule has 0 radical (unpaired) electrons. The zero-order valence-corrected chi connectivity index (χ0v) is 8.58. The first-order chi connectivity index (χ1) is 7.16. The van der Waals surface area contributed by atoms with Crippen molar-refractivity contribution in [1.82, 2.24) is 4.98 Å². The van der Waals surface area contributed by atoms with Gasteiger partial charge in [-0.1, -0.05) is 23.7 Å². The molecule has 0 aliphatic heterocycles. The second-order valence-corrected chi connectivity index (χ2v) is 3.62. The van der Waals surface area contributed by atoms with E-state index in [0.29, 0.717) is 16.3 Å². The van der Waals surface area contributed by atoms with Gasteiger partial charge in [-0.05, 0) is 23.8 Å². The molecule has 3 nitrogen and oxygen atoms in total. The van der Waals surface area contributed by atoms with E-state index >= 15 is 0 Å². The molecule has 0 aliphatic rings. The van der Waals surface area contributed by atoms with E-state index in [2.05, 4.69) is 4.98 Å². The molecule has 76 valence electrons. The molecule has 0 saturated carbocycles. The molecular formula is C11H9ClN2O. The molecule has 4 heteroatoms. The molecule has 0 bridgehead atoms. The summed E-state index contributed by atoms with van der Waals surface area (Å²) in [6, 6.07) is 8.72. The predicted octanol–water partition coefficient (Wildman–Crippen LogP) is 2.28. The molecule has 1 heterocycles. The maximum atomic E-state index is 11.5. The Kier molecular flexibility index (Phi) is 2.47. The van der Waals surface area contributed by atoms with Crippen molar-refractivity contribution in [3.05, 3.63) is 51.9 Å². The molecule has 0 spiro atoms. The monoisotopic (exact) mass is 220 g/mol. The fraction of sp³-hybridized carbons (Fsp3) is 0. The zero-order valence-electron chi connectivity index (χ0n) is 7.83. The lowest BCUT2D eigenvalue weighted by atomic mass is 10.1. The third-order valence-corrected chi connectivity index (χ3v) is 2.30. The fourth-order valence-corrected chi connectivity index (χ4v) is 1.56. The summed E-state index contributed by atoms with van der Waals surface area (Å²) in [4.78, 5) is 14.1. The van der Waals surface area contributed by atoms with Crippen LogP contribution >= 0.6 is 11.6 Å². The molecule has 0 aliphatic carbocycles. The SMILES string of the molecule is Nc1c[nH]c(=O)c(-c2cccc(Cl)c2)c1. The molecule has 0 atom stereocenters. The lowest BCUT2D eigenvalue weighted by Crippen LogP contribution is -2.08. The van der Waals surface area contributed by atoms with Crippen molar-refractivity contribution in [3.8, 4) is 11.1 Å². The minimum atomic E-state index is -0.175. The number of aromatic amines is 1. The van der Waals surface area contributed by atoms with Gasteiger partial charge in [0.05, 0.1) is 0 Å². The second kappa shape index (κ2) is 3.79. The summed E-state index contributed by atoms with van der Waals surface area (Å²) >= 11 is 5.84. The van der Waals surface area contributed by atoms with Crippen LogP contribution in [0.3, 0.4) is 0 Å². The quantitative estimate of drug-likeness (QED) is 0.775. The molecule has 15 heavy (non-hydrogen) atoms. The average Bonchev–Trinajstić information content (AvgIpc) is 2.22. The van der Waals surface area contributed by atoms with Crippen LogP contribution in [0.5, 0.6) is 0 Å². The Morgan fingerprint density at radius 1 is 1.27 bits per heavy atom. The molecular weight excluding hydrogens is 212 g/mol. The summed E-state index contributed by atoms with van der Waals surface area (Å²) in [6.45, 7) is 0. The highest BCUT2D eigenvalue weighted by atomic mass is 35.5. The third kappa shape index (κ3) is 2.02. The van der Waals surface area contributed by atoms with Gasteiger partial charge < -0.3 is 10.7 Å². The van der Waals surface area contributed by atoms with Crippen molar-refractivity contribution in [1.29, 1.82) is 0 Å². The highest BCUT2D eigenvalue weighted by Gasteiger charge is 2.03. The number of halogens is 1. The van der Waals surface area contributed by atoms with Crippen LogP contribution in [-0.2, 0) is 0 Å². The van der Waals surface area contributed by atoms with Gasteiger partial charge in [0.25, 0.3) is 5.56 Å². The summed E-state index contributed by atoms with van der Waals surface area (Å²) in [7, 11) is 0. The van der Waals surface area contributed by atoms with Crippen LogP contribution in [0.15, 0.2) is 41.3 Å². The van der Waals surface area contributed by atoms with Gasteiger partial charge >= 0.3 is 0 Å². The lowest BCUT2D eigenvalue weighted by molar-refractivity contribution is 1.24. The van der Waals surface area contributed by atoms with Crippen molar-refractivity contribution in [2.45, 2.75) is 0 Å². The largest absolute Gasteiger partial charge is 0.398 e. The number of benzene rings is 1. The van der Waals surface area contributed by atoms with Gasteiger partial charge in [0.2, 0.25) is 0 Å². The van der Waals surface area contributed by atoms with E-state index in [1.54, 1.807) is 24.3 Å². The number of nitrogens with one attached hydrogen (secondary N) is 1. The summed E-state index contributed by atoms with van der Waals surface area (Å²) < 4.78 is 0. The van der Waals surface area contributed by atoms with Gasteiger partial charge in [-0.15, -0.1) is 0 Å². The molecule has 2 aromatic rings. The number of hydrogen-bond acceptors (Lipinski definition) is 2. The van der Waals surface area contributed by atoms with Gasteiger partial charge in [-0.25, -0.2) is 0 Å². The van der Waals surface area contributed by atoms with E-state index < -0.39 is 0 Å². The van der Waals surface area contributed by atoms with Crippen molar-refractivity contribution in [2.24, 2.45) is 0 Å². The van der Waals surface area contributed by atoms with Crippen LogP contribution in [0.2, 0.25) is 5.02 Å². The molecule has 1 aromatic carbocycles. The first-order valence-corrected chi connectivity index (χ1v) is 4.79. The van der Waals surface area contributed by atoms with Crippen molar-refractivity contribution in [3.63, 3.8) is 0 Å². The lowest BCUT2D eigenvalue weighted by Gasteiger charge is -2.01. The highest BCUT2D eigenvalue weighted by Crippen LogP contribution is 2.20. The van der Waals surface area contributed by atoms with E-state index in [1.165, 1.54) is 6.20 Å². The summed E-state index contributed by atoms with van der Waals surface area (Å²) in [5.74, 6) is 0. The van der Waals surface area contributed by atoms with Crippen LogP contribution < -0.4 is 11.3 Å². The highest BCUT2D eigenvalue weighted by molar-refractivity contribution is 6.30. The maximum absolute atomic E-state index is 11.5. The van der Waals surface area contributed by atoms with E-state index in [0.717, 1.165) is 5.56 Å². The molecule has 1 aromatic heterocycles. The minimum Gasteiger partial charge on any atom is -0.398 e. The van der Waals surface area contributed by atoms with Crippen molar-refractivity contribution < 1.29 is 0 Å². The smallest absolute Gasteiger partial charge is 0.255 e. The Hall–Kier alpha value is -1.74. The number of hydrogen-bond donors (Lipinski definition) is 2. The van der Waals surface area contributed by atoms with Crippen LogP contribution in [0, 0.1) is 0 Å². The summed E-state index contributed by atoms with van der Waals surface area (Å²) in [5.41, 5.74) is 7.23. The Morgan fingerprint density at radius 2 is 2.07 bits per heavy atom. The Bertz CT molecular complexity index is 548. The van der Waals surface area contributed by atoms with Gasteiger partial charge in [-0.2, -0.15) is 0 Å². The Balaban J connectivity index is 2.63. The number of nitrogen functional groups attached to an aromatic ring is 1. The van der Waals surface area contributed by atoms with Crippen LogP contribution in [0.4, 0.5) is 5.69 Å². The van der Waals surface area contributed by atoms with Gasteiger partial charge in [0.1, 0.15) is 0 Å². The van der Waals surface area contributed by atoms with Gasteiger partial charge in [-0.3, -0.25) is 4.79 Å². The normalized spacial score (nSPS) is 10.2. The number of H-pyrrole nitrogens is 1. The minimum absolute atomic E-state index is 0.175. The van der Waals surface area contributed by atoms with E-state index in [1.807, 2.05) is 6.07 Å². The number of rotatable bonds is 1. The number of aromatic nitrogens is 1. The van der Waals surface area contributed by atoms with Crippen LogP contribution in [0.25, 0.3) is 11.1 Å². The molecule has 0 saturated heterocycles. The zero-order chi connectivity index (χ0) is 10.8. The van der Waals surface area contributed by atoms with Crippen molar-refractivity contribution >= 4 is 17.3 Å². The first-order valence-electron chi connectivity index (χ1n) is 4.41. The second-order valence-electron chi connectivity index (χ2n) is 3.19. The summed E-state index contributed by atoms with van der Waals surface area (Å²) in [5, 5.41) is 0.592. The predicted molar refractivity (Wildman–Crippen MR) is 61.9 cm³/mol. The Labute approximate surface area is 91.5 Å². The molecule has 0 fully saturated rings.